The first-order valence-electron chi connectivity index (χ1n) is 7.81. The first kappa shape index (κ1) is 13.6. The van der Waals surface area contributed by atoms with Crippen molar-refractivity contribution in [1.29, 1.82) is 0 Å². The molecule has 2 aliphatic rings. The van der Waals surface area contributed by atoms with Gasteiger partial charge in [-0.2, -0.15) is 0 Å². The number of piperidine rings is 2. The zero-order valence-corrected chi connectivity index (χ0v) is 12.3. The zero-order valence-electron chi connectivity index (χ0n) is 12.3. The SMILES string of the molecule is CC1CCN(c2ccc(N3CCC(N)CC3)nn2)CC1. The minimum atomic E-state index is 0.355. The van der Waals surface area contributed by atoms with Crippen LogP contribution in [0.1, 0.15) is 32.6 Å². The van der Waals surface area contributed by atoms with Crippen LogP contribution in [-0.4, -0.2) is 42.4 Å². The minimum Gasteiger partial charge on any atom is -0.355 e. The predicted octanol–water partition coefficient (Wildman–Crippen LogP) is 1.64. The van der Waals surface area contributed by atoms with Crippen molar-refractivity contribution in [3.63, 3.8) is 0 Å². The summed E-state index contributed by atoms with van der Waals surface area (Å²) in [7, 11) is 0. The van der Waals surface area contributed by atoms with E-state index in [1.807, 2.05) is 0 Å². The van der Waals surface area contributed by atoms with Gasteiger partial charge in [-0.15, -0.1) is 10.2 Å². The molecule has 0 aromatic carbocycles. The molecule has 2 fully saturated rings. The summed E-state index contributed by atoms with van der Waals surface area (Å²) in [5.41, 5.74) is 5.94. The first-order chi connectivity index (χ1) is 9.72. The van der Waals surface area contributed by atoms with Crippen LogP contribution in [0.25, 0.3) is 0 Å². The van der Waals surface area contributed by atoms with Gasteiger partial charge in [-0.05, 0) is 43.7 Å². The first-order valence-corrected chi connectivity index (χ1v) is 7.81. The van der Waals surface area contributed by atoms with Gasteiger partial charge in [0.2, 0.25) is 0 Å². The van der Waals surface area contributed by atoms with Gasteiger partial charge < -0.3 is 15.5 Å². The summed E-state index contributed by atoms with van der Waals surface area (Å²) in [6.45, 7) is 6.53. The summed E-state index contributed by atoms with van der Waals surface area (Å²) in [6.07, 6.45) is 4.61. The number of nitrogens with zero attached hydrogens (tertiary/aromatic N) is 4. The van der Waals surface area contributed by atoms with E-state index in [-0.39, 0.29) is 0 Å². The molecule has 0 bridgehead atoms. The lowest BCUT2D eigenvalue weighted by Gasteiger charge is -2.32. The summed E-state index contributed by atoms with van der Waals surface area (Å²) in [5.74, 6) is 2.86. The highest BCUT2D eigenvalue weighted by molar-refractivity contribution is 5.45. The van der Waals surface area contributed by atoms with E-state index in [9.17, 15) is 0 Å². The van der Waals surface area contributed by atoms with E-state index >= 15 is 0 Å². The summed E-state index contributed by atoms with van der Waals surface area (Å²) in [5, 5.41) is 8.84. The van der Waals surface area contributed by atoms with Crippen molar-refractivity contribution in [2.45, 2.75) is 38.6 Å². The average molecular weight is 275 g/mol. The zero-order chi connectivity index (χ0) is 13.9. The van der Waals surface area contributed by atoms with E-state index in [1.54, 1.807) is 0 Å². The second-order valence-electron chi connectivity index (χ2n) is 6.24. The Hall–Kier alpha value is -1.36. The second kappa shape index (κ2) is 5.95. The third-order valence-corrected chi connectivity index (χ3v) is 4.61. The van der Waals surface area contributed by atoms with Crippen LogP contribution in [0.5, 0.6) is 0 Å². The van der Waals surface area contributed by atoms with Crippen molar-refractivity contribution in [2.75, 3.05) is 36.0 Å². The monoisotopic (exact) mass is 275 g/mol. The Labute approximate surface area is 121 Å². The molecule has 2 aliphatic heterocycles. The highest BCUT2D eigenvalue weighted by Crippen LogP contribution is 2.23. The van der Waals surface area contributed by atoms with Crippen molar-refractivity contribution in [2.24, 2.45) is 11.7 Å². The van der Waals surface area contributed by atoms with Gasteiger partial charge in [-0.25, -0.2) is 0 Å². The normalized spacial score (nSPS) is 22.3. The number of hydrogen-bond acceptors (Lipinski definition) is 5. The van der Waals surface area contributed by atoms with E-state index in [2.05, 4.69) is 39.1 Å². The fourth-order valence-corrected chi connectivity index (χ4v) is 3.02. The molecule has 0 aliphatic carbocycles. The molecule has 5 heteroatoms. The lowest BCUT2D eigenvalue weighted by atomic mass is 9.99. The largest absolute Gasteiger partial charge is 0.355 e. The quantitative estimate of drug-likeness (QED) is 0.889. The van der Waals surface area contributed by atoms with Gasteiger partial charge in [0, 0.05) is 32.2 Å². The molecular weight excluding hydrogens is 250 g/mol. The van der Waals surface area contributed by atoms with Gasteiger partial charge in [0.15, 0.2) is 11.6 Å². The van der Waals surface area contributed by atoms with Crippen LogP contribution < -0.4 is 15.5 Å². The Bertz CT molecular complexity index is 375. The number of nitrogens with two attached hydrogens (primary N) is 1. The third kappa shape index (κ3) is 3.03. The van der Waals surface area contributed by atoms with Crippen LogP contribution in [0.15, 0.2) is 12.1 Å². The van der Waals surface area contributed by atoms with E-state index < -0.39 is 0 Å². The number of rotatable bonds is 2. The van der Waals surface area contributed by atoms with Crippen LogP contribution in [0.2, 0.25) is 0 Å². The summed E-state index contributed by atoms with van der Waals surface area (Å²) in [6, 6.07) is 4.58. The molecule has 1 aromatic heterocycles. The second-order valence-corrected chi connectivity index (χ2v) is 6.24. The van der Waals surface area contributed by atoms with Crippen LogP contribution in [0, 0.1) is 5.92 Å². The Balaban J connectivity index is 1.62. The fraction of sp³-hybridized carbons (Fsp3) is 0.733. The fourth-order valence-electron chi connectivity index (χ4n) is 3.02. The standard InChI is InChI=1S/C15H25N5/c1-12-4-8-19(9-5-12)14-2-3-15(18-17-14)20-10-6-13(16)7-11-20/h2-3,12-13H,4-11,16H2,1H3. The van der Waals surface area contributed by atoms with Crippen molar-refractivity contribution < 1.29 is 0 Å². The molecule has 2 saturated heterocycles. The van der Waals surface area contributed by atoms with Gasteiger partial charge in [0.1, 0.15) is 0 Å². The Morgan fingerprint density at radius 3 is 1.80 bits per heavy atom. The molecule has 3 rings (SSSR count). The lowest BCUT2D eigenvalue weighted by molar-refractivity contribution is 0.435. The molecule has 2 N–H and O–H groups in total. The van der Waals surface area contributed by atoms with E-state index in [4.69, 9.17) is 5.73 Å². The van der Waals surface area contributed by atoms with Gasteiger partial charge in [-0.1, -0.05) is 6.92 Å². The van der Waals surface area contributed by atoms with Crippen molar-refractivity contribution in [3.8, 4) is 0 Å². The van der Waals surface area contributed by atoms with Crippen LogP contribution in [-0.2, 0) is 0 Å². The smallest absolute Gasteiger partial charge is 0.151 e. The molecule has 3 heterocycles. The van der Waals surface area contributed by atoms with Crippen LogP contribution in [0.4, 0.5) is 11.6 Å². The molecule has 0 amide bonds. The molecule has 110 valence electrons. The topological polar surface area (TPSA) is 58.3 Å². The van der Waals surface area contributed by atoms with Gasteiger partial charge in [-0.3, -0.25) is 0 Å². The molecule has 0 atom stereocenters. The number of hydrogen-bond donors (Lipinski definition) is 1. The molecule has 0 unspecified atom stereocenters. The molecule has 0 spiro atoms. The van der Waals surface area contributed by atoms with E-state index in [1.165, 1.54) is 12.8 Å². The maximum atomic E-state index is 5.94. The highest BCUT2D eigenvalue weighted by atomic mass is 15.3. The maximum Gasteiger partial charge on any atom is 0.151 e. The maximum absolute atomic E-state index is 5.94. The summed E-state index contributed by atoms with van der Waals surface area (Å²) >= 11 is 0. The highest BCUT2D eigenvalue weighted by Gasteiger charge is 2.19. The van der Waals surface area contributed by atoms with E-state index in [0.29, 0.717) is 6.04 Å². The number of aromatic nitrogens is 2. The summed E-state index contributed by atoms with van der Waals surface area (Å²) < 4.78 is 0. The molecule has 0 radical (unpaired) electrons. The number of anilines is 2. The predicted molar refractivity (Wildman–Crippen MR) is 82.1 cm³/mol. The summed E-state index contributed by atoms with van der Waals surface area (Å²) in [4.78, 5) is 4.64. The molecule has 0 saturated carbocycles. The van der Waals surface area contributed by atoms with Crippen molar-refractivity contribution >= 4 is 11.6 Å². The van der Waals surface area contributed by atoms with Gasteiger partial charge in [0.05, 0.1) is 0 Å². The Morgan fingerprint density at radius 1 is 0.900 bits per heavy atom. The van der Waals surface area contributed by atoms with Gasteiger partial charge >= 0.3 is 0 Å². The van der Waals surface area contributed by atoms with Crippen molar-refractivity contribution in [3.05, 3.63) is 12.1 Å². The van der Waals surface area contributed by atoms with Crippen LogP contribution >= 0.6 is 0 Å². The third-order valence-electron chi connectivity index (χ3n) is 4.61. The lowest BCUT2D eigenvalue weighted by Crippen LogP contribution is -2.40. The van der Waals surface area contributed by atoms with Crippen molar-refractivity contribution in [1.82, 2.24) is 10.2 Å². The molecule has 20 heavy (non-hydrogen) atoms. The molecular formula is C15H25N5. The minimum absolute atomic E-state index is 0.355. The Kier molecular flexibility index (Phi) is 4.05. The van der Waals surface area contributed by atoms with Gasteiger partial charge in [0.25, 0.3) is 0 Å². The van der Waals surface area contributed by atoms with Crippen LogP contribution in [0.3, 0.4) is 0 Å². The average Bonchev–Trinajstić information content (AvgIpc) is 2.49. The molecule has 5 nitrogen and oxygen atoms in total. The van der Waals surface area contributed by atoms with E-state index in [0.717, 1.165) is 56.6 Å². The molecule has 1 aromatic rings. The Morgan fingerprint density at radius 2 is 1.35 bits per heavy atom.